The van der Waals surface area contributed by atoms with Gasteiger partial charge >= 0.3 is 29.8 Å². The molecule has 0 amide bonds. The summed E-state index contributed by atoms with van der Waals surface area (Å²) in [6.07, 6.45) is -6.06. The summed E-state index contributed by atoms with van der Waals surface area (Å²) in [7, 11) is 1.24. The summed E-state index contributed by atoms with van der Waals surface area (Å²) < 4.78 is 34.3. The maximum atomic E-state index is 15.2. The van der Waals surface area contributed by atoms with E-state index in [-0.39, 0.29) is 24.0 Å². The predicted octanol–water partition coefficient (Wildman–Crippen LogP) is 1.48. The normalized spacial score (nSPS) is 42.2. The lowest BCUT2D eigenvalue weighted by Crippen LogP contribution is -2.70. The Morgan fingerprint density at radius 2 is 1.68 bits per heavy atom. The molecule has 3 heterocycles. The van der Waals surface area contributed by atoms with Crippen molar-refractivity contribution in [2.75, 3.05) is 7.11 Å². The fourth-order valence-electron chi connectivity index (χ4n) is 8.72. The van der Waals surface area contributed by atoms with Crippen molar-refractivity contribution in [1.29, 1.82) is 0 Å². The summed E-state index contributed by atoms with van der Waals surface area (Å²) in [6.45, 7) is 13.5. The summed E-state index contributed by atoms with van der Waals surface area (Å²) in [5.74, 6) is -6.23. The second-order valence-electron chi connectivity index (χ2n) is 13.5. The maximum Gasteiger partial charge on any atom is 0.340 e. The molecule has 10 unspecified atom stereocenters. The van der Waals surface area contributed by atoms with Gasteiger partial charge in [-0.3, -0.25) is 24.0 Å². The molecule has 0 aromatic rings. The number of rotatable bonds is 5. The van der Waals surface area contributed by atoms with Crippen LogP contribution < -0.4 is 0 Å². The van der Waals surface area contributed by atoms with Crippen molar-refractivity contribution in [2.45, 2.75) is 97.1 Å². The topological polar surface area (TPSA) is 178 Å². The molecule has 5 aliphatic rings. The number of aliphatic hydroxyl groups excluding tert-OH is 1. The molecular weight excluding hydrogens is 580 g/mol. The number of hydrogen-bond donors (Lipinski definition) is 1. The molecule has 1 N–H and O–H groups in total. The van der Waals surface area contributed by atoms with Crippen molar-refractivity contribution >= 4 is 35.6 Å². The average Bonchev–Trinajstić information content (AvgIpc) is 3.31. The molecule has 13 nitrogen and oxygen atoms in total. The van der Waals surface area contributed by atoms with Crippen molar-refractivity contribution in [3.05, 3.63) is 23.8 Å². The minimum atomic E-state index is -1.79. The summed E-state index contributed by atoms with van der Waals surface area (Å²) >= 11 is 0. The van der Waals surface area contributed by atoms with Gasteiger partial charge < -0.3 is 33.5 Å². The quantitative estimate of drug-likeness (QED) is 0.266. The molecular formula is C31H38O13. The van der Waals surface area contributed by atoms with Gasteiger partial charge in [0, 0.05) is 20.3 Å². The lowest BCUT2D eigenvalue weighted by Gasteiger charge is -2.60. The van der Waals surface area contributed by atoms with Crippen molar-refractivity contribution in [2.24, 2.45) is 28.1 Å². The minimum Gasteiger partial charge on any atom is -0.469 e. The number of carbonyl (C=O) groups excluding carboxylic acids is 6. The van der Waals surface area contributed by atoms with Crippen LogP contribution in [0.25, 0.3) is 0 Å². The standard InChI is InChI=1S/C31H38O13/c1-13-22-23(37)29(6)18(10-19(34)39-8)28(4,5)11-17(40-14(2)32)25(29)44-31(13)12-21(36)42-24(16-9-20(35)43-27(16)38)30(31,7)26(22)41-15(3)33/h9,17-18,20,22,24-26,35H,1,10-12H2,2-8H3. The summed E-state index contributed by atoms with van der Waals surface area (Å²) in [6, 6.07) is 0. The molecule has 240 valence electrons. The number of hydrogen-bond acceptors (Lipinski definition) is 13. The van der Waals surface area contributed by atoms with E-state index in [1.807, 2.05) is 13.8 Å². The Balaban J connectivity index is 1.79. The third-order valence-electron chi connectivity index (χ3n) is 10.6. The Hall–Kier alpha value is -3.58. The van der Waals surface area contributed by atoms with Gasteiger partial charge in [0.15, 0.2) is 5.78 Å². The lowest BCUT2D eigenvalue weighted by molar-refractivity contribution is -0.277. The summed E-state index contributed by atoms with van der Waals surface area (Å²) in [4.78, 5) is 79.2. The third kappa shape index (κ3) is 4.26. The average molecular weight is 619 g/mol. The molecule has 2 saturated carbocycles. The second-order valence-corrected chi connectivity index (χ2v) is 13.5. The van der Waals surface area contributed by atoms with Gasteiger partial charge in [0.05, 0.1) is 35.9 Å². The highest BCUT2D eigenvalue weighted by Crippen LogP contribution is 2.69. The molecule has 2 bridgehead atoms. The van der Waals surface area contributed by atoms with Crippen molar-refractivity contribution in [3.8, 4) is 0 Å². The van der Waals surface area contributed by atoms with Crippen LogP contribution in [0.15, 0.2) is 23.8 Å². The number of esters is 5. The fourth-order valence-corrected chi connectivity index (χ4v) is 8.72. The van der Waals surface area contributed by atoms with Gasteiger partial charge in [-0.25, -0.2) is 4.79 Å². The first-order chi connectivity index (χ1) is 20.3. The van der Waals surface area contributed by atoms with Gasteiger partial charge in [0.1, 0.15) is 30.0 Å². The molecule has 10 atom stereocenters. The number of cyclic esters (lactones) is 2. The van der Waals surface area contributed by atoms with E-state index >= 15 is 4.79 Å². The molecule has 13 heteroatoms. The Morgan fingerprint density at radius 1 is 1.05 bits per heavy atom. The van der Waals surface area contributed by atoms with E-state index in [2.05, 4.69) is 6.58 Å². The largest absolute Gasteiger partial charge is 0.469 e. The van der Waals surface area contributed by atoms with E-state index in [1.54, 1.807) is 13.8 Å². The third-order valence-corrected chi connectivity index (χ3v) is 10.6. The number of Topliss-reactive ketones (excluding diaryl/α,β-unsaturated/α-hetero) is 1. The molecule has 5 rings (SSSR count). The smallest absolute Gasteiger partial charge is 0.340 e. The number of fused-ring (bicyclic) bond motifs is 2. The Labute approximate surface area is 254 Å². The molecule has 2 aliphatic carbocycles. The van der Waals surface area contributed by atoms with Gasteiger partial charge in [0.2, 0.25) is 6.29 Å². The van der Waals surface area contributed by atoms with Gasteiger partial charge in [-0.1, -0.05) is 20.4 Å². The monoisotopic (exact) mass is 618 g/mol. The van der Waals surface area contributed by atoms with Crippen molar-refractivity contribution in [3.63, 3.8) is 0 Å². The number of carbonyl (C=O) groups is 6. The van der Waals surface area contributed by atoms with Crippen LogP contribution in [0.1, 0.15) is 60.8 Å². The Morgan fingerprint density at radius 3 is 2.23 bits per heavy atom. The Kier molecular flexibility index (Phi) is 7.40. The number of aliphatic hydroxyl groups is 1. The lowest BCUT2D eigenvalue weighted by atomic mass is 9.50. The molecule has 4 fully saturated rings. The van der Waals surface area contributed by atoms with Crippen LogP contribution in [0, 0.1) is 28.1 Å². The van der Waals surface area contributed by atoms with E-state index in [0.29, 0.717) is 0 Å². The van der Waals surface area contributed by atoms with Crippen molar-refractivity contribution in [1.82, 2.24) is 0 Å². The minimum absolute atomic E-state index is 0.122. The van der Waals surface area contributed by atoms with Crippen molar-refractivity contribution < 1.29 is 62.3 Å². The number of ether oxygens (including phenoxy) is 6. The van der Waals surface area contributed by atoms with E-state index < -0.39 is 106 Å². The number of methoxy groups -OCH3 is 1. The fraction of sp³-hybridized carbons (Fsp3) is 0.677. The SMILES string of the molecule is C=C1C2C(=O)C3(C)C(OC14CC(=O)OC(C1=CC(O)OC1=O)C4(C)C2OC(C)=O)C(OC(C)=O)CC(C)(C)C3CC(=O)OC. The summed E-state index contributed by atoms with van der Waals surface area (Å²) in [5, 5.41) is 10.1. The molecule has 1 spiro atoms. The van der Waals surface area contributed by atoms with Gasteiger partial charge in [-0.05, 0) is 43.3 Å². The van der Waals surface area contributed by atoms with Gasteiger partial charge in [0.25, 0.3) is 0 Å². The first-order valence-corrected chi connectivity index (χ1v) is 14.5. The van der Waals surface area contributed by atoms with Gasteiger partial charge in [-0.15, -0.1) is 0 Å². The zero-order chi connectivity index (χ0) is 32.7. The highest BCUT2D eigenvalue weighted by Gasteiger charge is 2.80. The van der Waals surface area contributed by atoms with Crippen LogP contribution in [0.5, 0.6) is 0 Å². The highest BCUT2D eigenvalue weighted by molar-refractivity contribution is 5.96. The van der Waals surface area contributed by atoms with Crippen LogP contribution >= 0.6 is 0 Å². The molecule has 0 aromatic carbocycles. The summed E-state index contributed by atoms with van der Waals surface area (Å²) in [5.41, 5.74) is -5.86. The molecule has 0 aromatic heterocycles. The van der Waals surface area contributed by atoms with Gasteiger partial charge in [-0.2, -0.15) is 0 Å². The van der Waals surface area contributed by atoms with Crippen LogP contribution in [-0.2, 0) is 57.2 Å². The Bertz CT molecular complexity index is 1390. The number of ketones is 1. The first-order valence-electron chi connectivity index (χ1n) is 14.5. The zero-order valence-corrected chi connectivity index (χ0v) is 25.8. The van der Waals surface area contributed by atoms with E-state index in [9.17, 15) is 29.1 Å². The van der Waals surface area contributed by atoms with Crippen LogP contribution in [0.2, 0.25) is 0 Å². The zero-order valence-electron chi connectivity index (χ0n) is 25.8. The van der Waals surface area contributed by atoms with E-state index in [1.165, 1.54) is 14.0 Å². The van der Waals surface area contributed by atoms with E-state index in [0.717, 1.165) is 13.0 Å². The molecule has 3 aliphatic heterocycles. The van der Waals surface area contributed by atoms with Crippen LogP contribution in [0.4, 0.5) is 0 Å². The maximum absolute atomic E-state index is 15.2. The molecule has 0 radical (unpaired) electrons. The van der Waals surface area contributed by atoms with Crippen LogP contribution in [0.3, 0.4) is 0 Å². The molecule has 44 heavy (non-hydrogen) atoms. The van der Waals surface area contributed by atoms with E-state index in [4.69, 9.17) is 28.4 Å². The first kappa shape index (κ1) is 31.8. The molecule has 2 saturated heterocycles. The second kappa shape index (κ2) is 10.2. The predicted molar refractivity (Wildman–Crippen MR) is 146 cm³/mol. The highest BCUT2D eigenvalue weighted by atomic mass is 16.6. The van der Waals surface area contributed by atoms with Crippen LogP contribution in [-0.4, -0.2) is 84.2 Å².